The van der Waals surface area contributed by atoms with E-state index in [1.54, 1.807) is 0 Å². The van der Waals surface area contributed by atoms with Crippen LogP contribution in [0.5, 0.6) is 0 Å². The van der Waals surface area contributed by atoms with E-state index in [4.69, 9.17) is 5.73 Å². The molecule has 0 heterocycles. The maximum atomic E-state index is 12.9. The van der Waals surface area contributed by atoms with Crippen LogP contribution in [0, 0.1) is 23.5 Å². The molecular formula is C10H9F2N. The molecule has 0 spiro atoms. The molecule has 0 aliphatic heterocycles. The fourth-order valence-corrected chi connectivity index (χ4v) is 0.823. The van der Waals surface area contributed by atoms with Crippen molar-refractivity contribution in [3.63, 3.8) is 0 Å². The Hall–Kier alpha value is -1.40. The van der Waals surface area contributed by atoms with Gasteiger partial charge in [-0.3, -0.25) is 0 Å². The van der Waals surface area contributed by atoms with Crippen LogP contribution in [0.1, 0.15) is 12.0 Å². The monoisotopic (exact) mass is 181 g/mol. The molecule has 0 aliphatic carbocycles. The minimum absolute atomic E-state index is 0.0773. The highest BCUT2D eigenvalue weighted by Gasteiger charge is 1.99. The SMILES string of the molecule is NCCC#Cc1cc(F)ccc1F. The smallest absolute Gasteiger partial charge is 0.139 e. The van der Waals surface area contributed by atoms with Gasteiger partial charge in [-0.15, -0.1) is 0 Å². The van der Waals surface area contributed by atoms with Crippen molar-refractivity contribution in [2.24, 2.45) is 5.73 Å². The van der Waals surface area contributed by atoms with Gasteiger partial charge in [0.05, 0.1) is 5.56 Å². The van der Waals surface area contributed by atoms with Gasteiger partial charge in [0.1, 0.15) is 11.6 Å². The second kappa shape index (κ2) is 4.58. The van der Waals surface area contributed by atoms with Gasteiger partial charge in [-0.25, -0.2) is 8.78 Å². The average Bonchev–Trinajstić information content (AvgIpc) is 2.11. The Morgan fingerprint density at radius 1 is 1.31 bits per heavy atom. The van der Waals surface area contributed by atoms with Gasteiger partial charge in [-0.05, 0) is 18.2 Å². The first-order valence-corrected chi connectivity index (χ1v) is 3.88. The second-order valence-electron chi connectivity index (χ2n) is 2.46. The number of rotatable bonds is 1. The van der Waals surface area contributed by atoms with E-state index in [9.17, 15) is 8.78 Å². The summed E-state index contributed by atoms with van der Waals surface area (Å²) in [4.78, 5) is 0. The van der Waals surface area contributed by atoms with Gasteiger partial charge in [0.15, 0.2) is 0 Å². The summed E-state index contributed by atoms with van der Waals surface area (Å²) in [5, 5.41) is 0. The van der Waals surface area contributed by atoms with E-state index in [0.29, 0.717) is 13.0 Å². The molecule has 0 atom stereocenters. The van der Waals surface area contributed by atoms with Gasteiger partial charge in [-0.1, -0.05) is 11.8 Å². The summed E-state index contributed by atoms with van der Waals surface area (Å²) in [5.41, 5.74) is 5.27. The Balaban J connectivity index is 2.89. The number of benzene rings is 1. The van der Waals surface area contributed by atoms with E-state index >= 15 is 0 Å². The fraction of sp³-hybridized carbons (Fsp3) is 0.200. The molecule has 0 amide bonds. The molecule has 0 radical (unpaired) electrons. The first-order valence-electron chi connectivity index (χ1n) is 3.88. The summed E-state index contributed by atoms with van der Waals surface area (Å²) in [5.74, 6) is 4.15. The van der Waals surface area contributed by atoms with Crippen molar-refractivity contribution in [1.82, 2.24) is 0 Å². The van der Waals surface area contributed by atoms with Crippen LogP contribution in [0.15, 0.2) is 18.2 Å². The van der Waals surface area contributed by atoms with E-state index in [-0.39, 0.29) is 5.56 Å². The van der Waals surface area contributed by atoms with Crippen LogP contribution < -0.4 is 5.73 Å². The number of hydrogen-bond donors (Lipinski definition) is 1. The lowest BCUT2D eigenvalue weighted by Gasteiger charge is -1.93. The third kappa shape index (κ3) is 2.85. The fourth-order valence-electron chi connectivity index (χ4n) is 0.823. The molecule has 0 saturated heterocycles. The van der Waals surface area contributed by atoms with Crippen molar-refractivity contribution in [2.75, 3.05) is 6.54 Å². The number of hydrogen-bond acceptors (Lipinski definition) is 1. The zero-order valence-electron chi connectivity index (χ0n) is 6.98. The van der Waals surface area contributed by atoms with Crippen LogP contribution in [-0.4, -0.2) is 6.54 Å². The van der Waals surface area contributed by atoms with Crippen LogP contribution in [0.25, 0.3) is 0 Å². The Labute approximate surface area is 75.6 Å². The molecule has 1 aromatic carbocycles. The van der Waals surface area contributed by atoms with Crippen molar-refractivity contribution in [3.8, 4) is 11.8 Å². The average molecular weight is 181 g/mol. The third-order valence-corrected chi connectivity index (χ3v) is 1.42. The molecule has 3 heteroatoms. The normalized spacial score (nSPS) is 9.15. The highest BCUT2D eigenvalue weighted by Crippen LogP contribution is 2.07. The van der Waals surface area contributed by atoms with Crippen molar-refractivity contribution in [3.05, 3.63) is 35.4 Å². The molecule has 0 aromatic heterocycles. The highest BCUT2D eigenvalue weighted by atomic mass is 19.1. The molecule has 0 fully saturated rings. The maximum absolute atomic E-state index is 12.9. The zero-order chi connectivity index (χ0) is 9.68. The Morgan fingerprint density at radius 2 is 2.08 bits per heavy atom. The van der Waals surface area contributed by atoms with Crippen LogP contribution >= 0.6 is 0 Å². The summed E-state index contributed by atoms with van der Waals surface area (Å²) in [7, 11) is 0. The van der Waals surface area contributed by atoms with E-state index in [1.165, 1.54) is 0 Å². The number of halogens is 2. The van der Waals surface area contributed by atoms with Crippen LogP contribution in [-0.2, 0) is 0 Å². The zero-order valence-corrected chi connectivity index (χ0v) is 6.98. The molecule has 68 valence electrons. The summed E-state index contributed by atoms with van der Waals surface area (Å²) in [6.07, 6.45) is 0.482. The van der Waals surface area contributed by atoms with Crippen LogP contribution in [0.2, 0.25) is 0 Å². The third-order valence-electron chi connectivity index (χ3n) is 1.42. The van der Waals surface area contributed by atoms with Crippen molar-refractivity contribution >= 4 is 0 Å². The van der Waals surface area contributed by atoms with E-state index in [2.05, 4.69) is 11.8 Å². The van der Waals surface area contributed by atoms with E-state index in [1.807, 2.05) is 0 Å². The lowest BCUT2D eigenvalue weighted by molar-refractivity contribution is 0.597. The van der Waals surface area contributed by atoms with Gasteiger partial charge >= 0.3 is 0 Å². The van der Waals surface area contributed by atoms with Gasteiger partial charge < -0.3 is 5.73 Å². The summed E-state index contributed by atoms with van der Waals surface area (Å²) in [6.45, 7) is 0.421. The molecule has 0 unspecified atom stereocenters. The molecule has 13 heavy (non-hydrogen) atoms. The van der Waals surface area contributed by atoms with E-state index in [0.717, 1.165) is 18.2 Å². The molecule has 1 nitrogen and oxygen atoms in total. The molecular weight excluding hydrogens is 172 g/mol. The Morgan fingerprint density at radius 3 is 2.77 bits per heavy atom. The molecule has 1 rings (SSSR count). The van der Waals surface area contributed by atoms with Gasteiger partial charge in [0.25, 0.3) is 0 Å². The van der Waals surface area contributed by atoms with Crippen molar-refractivity contribution in [2.45, 2.75) is 6.42 Å². The van der Waals surface area contributed by atoms with Gasteiger partial charge in [0, 0.05) is 13.0 Å². The molecule has 2 N–H and O–H groups in total. The van der Waals surface area contributed by atoms with Crippen molar-refractivity contribution in [1.29, 1.82) is 0 Å². The maximum Gasteiger partial charge on any atom is 0.139 e. The second-order valence-corrected chi connectivity index (χ2v) is 2.46. The summed E-state index contributed by atoms with van der Waals surface area (Å²) < 4.78 is 25.5. The van der Waals surface area contributed by atoms with Crippen LogP contribution in [0.3, 0.4) is 0 Å². The van der Waals surface area contributed by atoms with Gasteiger partial charge in [-0.2, -0.15) is 0 Å². The first-order chi connectivity index (χ1) is 6.24. The predicted octanol–water partition coefficient (Wildman–Crippen LogP) is 1.67. The summed E-state index contributed by atoms with van der Waals surface area (Å²) in [6, 6.07) is 3.18. The van der Waals surface area contributed by atoms with E-state index < -0.39 is 11.6 Å². The predicted molar refractivity (Wildman–Crippen MR) is 46.9 cm³/mol. The highest BCUT2D eigenvalue weighted by molar-refractivity contribution is 5.35. The van der Waals surface area contributed by atoms with Gasteiger partial charge in [0.2, 0.25) is 0 Å². The minimum atomic E-state index is -0.508. The molecule has 0 saturated carbocycles. The number of nitrogens with two attached hydrogens (primary N) is 1. The molecule has 0 aliphatic rings. The molecule has 1 aromatic rings. The lowest BCUT2D eigenvalue weighted by atomic mass is 10.2. The minimum Gasteiger partial charge on any atom is -0.330 e. The quantitative estimate of drug-likeness (QED) is 0.655. The van der Waals surface area contributed by atoms with Crippen molar-refractivity contribution < 1.29 is 8.78 Å². The lowest BCUT2D eigenvalue weighted by Crippen LogP contribution is -1.95. The Kier molecular flexibility index (Phi) is 3.41. The Bertz CT molecular complexity index is 350. The summed E-state index contributed by atoms with van der Waals surface area (Å²) >= 11 is 0. The van der Waals surface area contributed by atoms with Crippen LogP contribution in [0.4, 0.5) is 8.78 Å². The topological polar surface area (TPSA) is 26.0 Å². The first kappa shape index (κ1) is 9.69. The standard InChI is InChI=1S/C10H9F2N/c11-9-4-5-10(12)8(7-9)3-1-2-6-13/h4-5,7H,2,6,13H2. The molecule has 0 bridgehead atoms. The largest absolute Gasteiger partial charge is 0.330 e.